The quantitative estimate of drug-likeness (QED) is 0.703. The third-order valence-corrected chi connectivity index (χ3v) is 9.84. The van der Waals surface area contributed by atoms with Crippen molar-refractivity contribution >= 4 is 5.78 Å². The normalized spacial score (nSPS) is 55.2. The van der Waals surface area contributed by atoms with E-state index in [9.17, 15) is 9.90 Å². The highest BCUT2D eigenvalue weighted by Crippen LogP contribution is 2.69. The number of Topliss-reactive ketones (excluding diaryl/α,β-unsaturated/α-hetero) is 1. The predicted octanol–water partition coefficient (Wildman–Crippen LogP) is 5.15. The van der Waals surface area contributed by atoms with Gasteiger partial charge in [0.15, 0.2) is 0 Å². The maximum Gasteiger partial charge on any atom is 0.133 e. The lowest BCUT2D eigenvalue weighted by Crippen LogP contribution is -2.58. The zero-order valence-electron chi connectivity index (χ0n) is 16.4. The number of carbonyl (C=O) groups is 1. The minimum atomic E-state index is -0.545. The highest BCUT2D eigenvalue weighted by atomic mass is 16.3. The first-order chi connectivity index (χ1) is 11.8. The van der Waals surface area contributed by atoms with Gasteiger partial charge in [-0.3, -0.25) is 4.79 Å². The van der Waals surface area contributed by atoms with Crippen LogP contribution in [0.25, 0.3) is 0 Å². The van der Waals surface area contributed by atoms with Crippen LogP contribution in [0.4, 0.5) is 0 Å². The third kappa shape index (κ3) is 2.22. The SMILES string of the molecule is C=CC[C@]1(O)CC[C@H]2[C@@H]3CC[C@H]4CC(=O)C[C@H](C)[C@]4(C)[C@H]3CC[C@@]21C. The number of ketones is 1. The standard InChI is InChI=1S/C23H36O2/c1-5-10-23(25)12-9-19-18-7-6-16-14-17(24)13-15(2)22(16,4)20(18)8-11-21(19,23)3/h5,15-16,18-20,25H,1,6-14H2,2-4H3/t15-,16-,18-,19-,20-,21-,22-,23-/m0/s1. The molecule has 0 aromatic carbocycles. The number of aliphatic hydroxyl groups is 1. The van der Waals surface area contributed by atoms with Crippen LogP contribution in [0, 0.1) is 40.4 Å². The molecule has 0 spiro atoms. The fraction of sp³-hybridized carbons (Fsp3) is 0.870. The van der Waals surface area contributed by atoms with E-state index in [1.165, 1.54) is 25.7 Å². The summed E-state index contributed by atoms with van der Waals surface area (Å²) in [4.78, 5) is 12.2. The second-order valence-corrected chi connectivity index (χ2v) is 10.4. The molecule has 1 N–H and O–H groups in total. The number of hydrogen-bond donors (Lipinski definition) is 1. The lowest BCUT2D eigenvalue weighted by molar-refractivity contribution is -0.167. The van der Waals surface area contributed by atoms with Crippen molar-refractivity contribution in [1.29, 1.82) is 0 Å². The van der Waals surface area contributed by atoms with E-state index in [-0.39, 0.29) is 5.41 Å². The van der Waals surface area contributed by atoms with Gasteiger partial charge in [-0.1, -0.05) is 26.8 Å². The van der Waals surface area contributed by atoms with Gasteiger partial charge in [-0.25, -0.2) is 0 Å². The smallest absolute Gasteiger partial charge is 0.133 e. The van der Waals surface area contributed by atoms with E-state index < -0.39 is 5.60 Å². The Kier molecular flexibility index (Phi) is 4.04. The average Bonchev–Trinajstić information content (AvgIpc) is 2.81. The van der Waals surface area contributed by atoms with Crippen molar-refractivity contribution in [1.82, 2.24) is 0 Å². The molecule has 4 saturated carbocycles. The minimum Gasteiger partial charge on any atom is -0.389 e. The Balaban J connectivity index is 1.66. The van der Waals surface area contributed by atoms with Crippen LogP contribution in [0.15, 0.2) is 12.7 Å². The Bertz CT molecular complexity index is 583. The van der Waals surface area contributed by atoms with Gasteiger partial charge in [-0.05, 0) is 85.4 Å². The second kappa shape index (κ2) is 5.68. The zero-order valence-corrected chi connectivity index (χ0v) is 16.4. The van der Waals surface area contributed by atoms with Gasteiger partial charge < -0.3 is 5.11 Å². The van der Waals surface area contributed by atoms with Crippen molar-refractivity contribution in [3.8, 4) is 0 Å². The topological polar surface area (TPSA) is 37.3 Å². The Hall–Kier alpha value is -0.630. The highest BCUT2D eigenvalue weighted by molar-refractivity contribution is 5.80. The molecule has 0 aromatic rings. The maximum absolute atomic E-state index is 12.2. The van der Waals surface area contributed by atoms with Gasteiger partial charge >= 0.3 is 0 Å². The van der Waals surface area contributed by atoms with Crippen molar-refractivity contribution in [3.05, 3.63) is 12.7 Å². The van der Waals surface area contributed by atoms with Crippen LogP contribution in [-0.4, -0.2) is 16.5 Å². The van der Waals surface area contributed by atoms with Crippen molar-refractivity contribution in [2.75, 3.05) is 0 Å². The molecule has 0 heterocycles. The Morgan fingerprint density at radius 2 is 1.84 bits per heavy atom. The van der Waals surface area contributed by atoms with E-state index in [1.807, 2.05) is 6.08 Å². The molecule has 0 amide bonds. The maximum atomic E-state index is 12.2. The predicted molar refractivity (Wildman–Crippen MR) is 101 cm³/mol. The first-order valence-electron chi connectivity index (χ1n) is 10.6. The van der Waals surface area contributed by atoms with Gasteiger partial charge in [0.2, 0.25) is 0 Å². The van der Waals surface area contributed by atoms with Gasteiger partial charge in [0, 0.05) is 12.8 Å². The third-order valence-electron chi connectivity index (χ3n) is 9.84. The molecule has 2 heteroatoms. The minimum absolute atomic E-state index is 0.0548. The van der Waals surface area contributed by atoms with E-state index in [0.717, 1.165) is 43.9 Å². The van der Waals surface area contributed by atoms with E-state index in [2.05, 4.69) is 27.4 Å². The Labute approximate surface area is 153 Å². The Morgan fingerprint density at radius 1 is 1.12 bits per heavy atom. The van der Waals surface area contributed by atoms with Gasteiger partial charge in [-0.2, -0.15) is 0 Å². The molecule has 4 aliphatic rings. The average molecular weight is 345 g/mol. The summed E-state index contributed by atoms with van der Waals surface area (Å²) in [6, 6.07) is 0. The van der Waals surface area contributed by atoms with Crippen LogP contribution in [0.2, 0.25) is 0 Å². The summed E-state index contributed by atoms with van der Waals surface area (Å²) in [5.74, 6) is 3.76. The van der Waals surface area contributed by atoms with Crippen LogP contribution < -0.4 is 0 Å². The molecule has 25 heavy (non-hydrogen) atoms. The highest BCUT2D eigenvalue weighted by Gasteiger charge is 2.65. The molecule has 0 bridgehead atoms. The molecular formula is C23H36O2. The van der Waals surface area contributed by atoms with E-state index in [4.69, 9.17) is 0 Å². The molecule has 8 atom stereocenters. The molecule has 2 nitrogen and oxygen atoms in total. The largest absolute Gasteiger partial charge is 0.389 e. The summed E-state index contributed by atoms with van der Waals surface area (Å²) in [5.41, 5.74) is -0.160. The van der Waals surface area contributed by atoms with Gasteiger partial charge in [0.1, 0.15) is 5.78 Å². The molecule has 4 aliphatic carbocycles. The summed E-state index contributed by atoms with van der Waals surface area (Å²) >= 11 is 0. The molecule has 140 valence electrons. The van der Waals surface area contributed by atoms with Crippen LogP contribution in [0.5, 0.6) is 0 Å². The van der Waals surface area contributed by atoms with E-state index in [0.29, 0.717) is 29.0 Å². The van der Waals surface area contributed by atoms with Crippen molar-refractivity contribution in [2.45, 2.75) is 84.2 Å². The summed E-state index contributed by atoms with van der Waals surface area (Å²) in [6.45, 7) is 11.1. The summed E-state index contributed by atoms with van der Waals surface area (Å²) in [6.07, 6.45) is 11.3. The van der Waals surface area contributed by atoms with Gasteiger partial charge in [0.05, 0.1) is 5.60 Å². The Morgan fingerprint density at radius 3 is 2.56 bits per heavy atom. The van der Waals surface area contributed by atoms with Crippen LogP contribution >= 0.6 is 0 Å². The molecule has 4 fully saturated rings. The monoisotopic (exact) mass is 344 g/mol. The van der Waals surface area contributed by atoms with Crippen LogP contribution in [0.1, 0.15) is 78.6 Å². The van der Waals surface area contributed by atoms with Crippen LogP contribution in [0.3, 0.4) is 0 Å². The van der Waals surface area contributed by atoms with Crippen molar-refractivity contribution < 1.29 is 9.90 Å². The summed E-state index contributed by atoms with van der Waals surface area (Å²) in [7, 11) is 0. The fourth-order valence-electron chi connectivity index (χ4n) is 8.16. The molecule has 0 aromatic heterocycles. The number of hydrogen-bond acceptors (Lipinski definition) is 2. The van der Waals surface area contributed by atoms with Crippen molar-refractivity contribution in [2.24, 2.45) is 40.4 Å². The molecule has 0 radical (unpaired) electrons. The van der Waals surface area contributed by atoms with E-state index >= 15 is 0 Å². The summed E-state index contributed by atoms with van der Waals surface area (Å²) < 4.78 is 0. The number of fused-ring (bicyclic) bond motifs is 5. The zero-order chi connectivity index (χ0) is 18.0. The molecule has 0 aliphatic heterocycles. The fourth-order valence-corrected chi connectivity index (χ4v) is 8.16. The van der Waals surface area contributed by atoms with Gasteiger partial charge in [0.25, 0.3) is 0 Å². The van der Waals surface area contributed by atoms with Crippen molar-refractivity contribution in [3.63, 3.8) is 0 Å². The molecular weight excluding hydrogens is 308 g/mol. The molecule has 0 unspecified atom stereocenters. The summed E-state index contributed by atoms with van der Waals surface area (Å²) in [5, 5.41) is 11.4. The lowest BCUT2D eigenvalue weighted by Gasteiger charge is -2.62. The first kappa shape index (κ1) is 17.8. The van der Waals surface area contributed by atoms with Crippen LogP contribution in [-0.2, 0) is 4.79 Å². The molecule has 4 rings (SSSR count). The molecule has 0 saturated heterocycles. The van der Waals surface area contributed by atoms with Gasteiger partial charge in [-0.15, -0.1) is 6.58 Å². The number of carbonyl (C=O) groups excluding carboxylic acids is 1. The first-order valence-corrected chi connectivity index (χ1v) is 10.6. The van der Waals surface area contributed by atoms with E-state index in [1.54, 1.807) is 0 Å². The number of rotatable bonds is 2. The lowest BCUT2D eigenvalue weighted by atomic mass is 9.42. The second-order valence-electron chi connectivity index (χ2n) is 10.4.